The lowest BCUT2D eigenvalue weighted by Crippen LogP contribution is -2.43. The number of nitro groups is 1. The third kappa shape index (κ3) is 5.03. The van der Waals surface area contributed by atoms with Gasteiger partial charge in [-0.1, -0.05) is 25.2 Å². The van der Waals surface area contributed by atoms with E-state index >= 15 is 0 Å². The molecule has 0 aromatic heterocycles. The summed E-state index contributed by atoms with van der Waals surface area (Å²) in [7, 11) is 2.96. The van der Waals surface area contributed by atoms with E-state index in [1.165, 1.54) is 6.07 Å². The largest absolute Gasteiger partial charge is 0.377 e. The van der Waals surface area contributed by atoms with Gasteiger partial charge in [0.1, 0.15) is 8.24 Å². The molecule has 0 radical (unpaired) electrons. The van der Waals surface area contributed by atoms with E-state index in [0.717, 1.165) is 12.5 Å². The average molecular weight is 296 g/mol. The van der Waals surface area contributed by atoms with Gasteiger partial charge in [0.05, 0.1) is 17.1 Å². The first-order valence-corrected chi connectivity index (χ1v) is 9.97. The molecule has 6 heteroatoms. The minimum Gasteiger partial charge on any atom is -0.377 e. The fourth-order valence-corrected chi connectivity index (χ4v) is 3.28. The van der Waals surface area contributed by atoms with E-state index in [0.29, 0.717) is 18.8 Å². The summed E-state index contributed by atoms with van der Waals surface area (Å²) >= 11 is 0. The summed E-state index contributed by atoms with van der Waals surface area (Å²) in [5.74, 6) is 0. The first kappa shape index (κ1) is 16.8. The van der Waals surface area contributed by atoms with Crippen LogP contribution in [0.4, 0.5) is 5.69 Å². The minimum atomic E-state index is -1.29. The molecule has 0 N–H and O–H groups in total. The Balaban J connectivity index is 2.37. The molecule has 1 aromatic rings. The van der Waals surface area contributed by atoms with Gasteiger partial charge in [0.2, 0.25) is 0 Å². The van der Waals surface area contributed by atoms with E-state index in [-0.39, 0.29) is 10.6 Å². The summed E-state index contributed by atoms with van der Waals surface area (Å²) in [5.41, 5.74) is 0.775. The van der Waals surface area contributed by atoms with Crippen LogP contribution >= 0.6 is 0 Å². The quantitative estimate of drug-likeness (QED) is 0.320. The second-order valence-electron chi connectivity index (χ2n) is 5.75. The predicted octanol–water partition coefficient (Wildman–Crippen LogP) is 3.27. The summed E-state index contributed by atoms with van der Waals surface area (Å²) in [6.45, 7) is 5.61. The zero-order valence-electron chi connectivity index (χ0n) is 12.8. The number of benzene rings is 1. The van der Waals surface area contributed by atoms with Crippen molar-refractivity contribution in [1.82, 2.24) is 4.57 Å². The monoisotopic (exact) mass is 296 g/mol. The molecule has 0 atom stereocenters. The fraction of sp³-hybridized carbons (Fsp3) is 0.571. The standard InChI is InChI=1S/C14H24N2O3Si/c1-15(2)20(3,4)11-7-10-19-12-13-8-5-6-9-14(13)16(17)18/h5-6,8-9H,7,10-12H2,1-4H3. The van der Waals surface area contributed by atoms with E-state index in [9.17, 15) is 10.1 Å². The van der Waals surface area contributed by atoms with Gasteiger partial charge in [0.25, 0.3) is 5.69 Å². The second kappa shape index (κ2) is 7.52. The first-order valence-electron chi connectivity index (χ1n) is 6.82. The molecule has 0 aliphatic heterocycles. The molecule has 1 rings (SSSR count). The number of hydrogen-bond acceptors (Lipinski definition) is 4. The van der Waals surface area contributed by atoms with E-state index in [2.05, 4.69) is 31.8 Å². The Hall–Kier alpha value is -1.24. The minimum absolute atomic E-state index is 0.135. The lowest BCUT2D eigenvalue weighted by Gasteiger charge is -2.30. The maximum absolute atomic E-state index is 10.9. The van der Waals surface area contributed by atoms with Crippen LogP contribution in [0.15, 0.2) is 24.3 Å². The molecule has 112 valence electrons. The van der Waals surface area contributed by atoms with Gasteiger partial charge in [-0.05, 0) is 32.6 Å². The Morgan fingerprint density at radius 1 is 1.30 bits per heavy atom. The molecule has 1 aromatic carbocycles. The zero-order valence-corrected chi connectivity index (χ0v) is 13.8. The number of hydrogen-bond donors (Lipinski definition) is 0. The molecule has 0 aliphatic carbocycles. The van der Waals surface area contributed by atoms with E-state index in [4.69, 9.17) is 4.74 Å². The highest BCUT2D eigenvalue weighted by atomic mass is 28.3. The van der Waals surface area contributed by atoms with Crippen LogP contribution in [0.3, 0.4) is 0 Å². The van der Waals surface area contributed by atoms with E-state index in [1.54, 1.807) is 18.2 Å². The van der Waals surface area contributed by atoms with Crippen molar-refractivity contribution >= 4 is 13.9 Å². The Morgan fingerprint density at radius 2 is 1.95 bits per heavy atom. The highest BCUT2D eigenvalue weighted by Crippen LogP contribution is 2.19. The third-order valence-electron chi connectivity index (χ3n) is 3.73. The van der Waals surface area contributed by atoms with E-state index < -0.39 is 8.24 Å². The number of para-hydroxylation sites is 1. The molecular weight excluding hydrogens is 272 g/mol. The van der Waals surface area contributed by atoms with Crippen LogP contribution in [0.5, 0.6) is 0 Å². The highest BCUT2D eigenvalue weighted by molar-refractivity contribution is 6.74. The highest BCUT2D eigenvalue weighted by Gasteiger charge is 2.22. The SMILES string of the molecule is CN(C)[Si](C)(C)CCCOCc1ccccc1[N+](=O)[O-]. The fourth-order valence-electron chi connectivity index (χ4n) is 1.82. The molecular formula is C14H24N2O3Si. The van der Waals surface area contributed by atoms with Crippen molar-refractivity contribution in [2.24, 2.45) is 0 Å². The first-order chi connectivity index (χ1) is 9.34. The molecule has 0 heterocycles. The summed E-state index contributed by atoms with van der Waals surface area (Å²) in [6.07, 6.45) is 0.998. The van der Waals surface area contributed by atoms with Gasteiger partial charge >= 0.3 is 0 Å². The van der Waals surface area contributed by atoms with Crippen LogP contribution in [0.1, 0.15) is 12.0 Å². The van der Waals surface area contributed by atoms with Gasteiger partial charge in [0.15, 0.2) is 0 Å². The van der Waals surface area contributed by atoms with Gasteiger partial charge in [-0.25, -0.2) is 0 Å². The molecule has 0 unspecified atom stereocenters. The molecule has 5 nitrogen and oxygen atoms in total. The van der Waals surface area contributed by atoms with Gasteiger partial charge in [-0.15, -0.1) is 0 Å². The van der Waals surface area contributed by atoms with Crippen LogP contribution in [0, 0.1) is 10.1 Å². The number of rotatable bonds is 8. The number of nitro benzene ring substituents is 1. The molecule has 20 heavy (non-hydrogen) atoms. The third-order valence-corrected chi connectivity index (χ3v) is 7.73. The zero-order chi connectivity index (χ0) is 15.2. The smallest absolute Gasteiger partial charge is 0.274 e. The van der Waals surface area contributed by atoms with Crippen molar-refractivity contribution in [1.29, 1.82) is 0 Å². The van der Waals surface area contributed by atoms with Crippen molar-refractivity contribution in [3.05, 3.63) is 39.9 Å². The Kier molecular flexibility index (Phi) is 6.32. The van der Waals surface area contributed by atoms with Gasteiger partial charge in [-0.3, -0.25) is 10.1 Å². The lowest BCUT2D eigenvalue weighted by molar-refractivity contribution is -0.385. The second-order valence-corrected chi connectivity index (χ2v) is 10.8. The van der Waals surface area contributed by atoms with E-state index in [1.807, 2.05) is 0 Å². The molecule has 0 saturated heterocycles. The van der Waals surface area contributed by atoms with Gasteiger partial charge in [0, 0.05) is 12.7 Å². The van der Waals surface area contributed by atoms with Crippen LogP contribution in [-0.2, 0) is 11.3 Å². The molecule has 0 saturated carbocycles. The maximum atomic E-state index is 10.9. The summed E-state index contributed by atoms with van der Waals surface area (Å²) in [4.78, 5) is 10.5. The van der Waals surface area contributed by atoms with Crippen molar-refractivity contribution < 1.29 is 9.66 Å². The molecule has 0 aliphatic rings. The van der Waals surface area contributed by atoms with Crippen LogP contribution in [-0.4, -0.2) is 38.4 Å². The molecule has 0 bridgehead atoms. The number of nitrogens with zero attached hydrogens (tertiary/aromatic N) is 2. The summed E-state index contributed by atoms with van der Waals surface area (Å²) < 4.78 is 7.91. The normalized spacial score (nSPS) is 11.8. The van der Waals surface area contributed by atoms with Gasteiger partial charge in [-0.2, -0.15) is 0 Å². The Morgan fingerprint density at radius 3 is 2.55 bits per heavy atom. The molecule has 0 fully saturated rings. The molecule has 0 spiro atoms. The topological polar surface area (TPSA) is 55.6 Å². The summed E-state index contributed by atoms with van der Waals surface area (Å²) in [5, 5.41) is 10.9. The van der Waals surface area contributed by atoms with Crippen molar-refractivity contribution in [3.63, 3.8) is 0 Å². The predicted molar refractivity (Wildman–Crippen MR) is 83.3 cm³/mol. The molecule has 0 amide bonds. The van der Waals surface area contributed by atoms with Crippen molar-refractivity contribution in [3.8, 4) is 0 Å². The van der Waals surface area contributed by atoms with Gasteiger partial charge < -0.3 is 9.30 Å². The maximum Gasteiger partial charge on any atom is 0.274 e. The van der Waals surface area contributed by atoms with Crippen molar-refractivity contribution in [2.45, 2.75) is 32.2 Å². The van der Waals surface area contributed by atoms with Crippen LogP contribution in [0.25, 0.3) is 0 Å². The average Bonchev–Trinajstić information content (AvgIpc) is 2.38. The Bertz CT molecular complexity index is 450. The van der Waals surface area contributed by atoms with Crippen molar-refractivity contribution in [2.75, 3.05) is 20.7 Å². The number of ether oxygens (including phenoxy) is 1. The summed E-state index contributed by atoms with van der Waals surface area (Å²) in [6, 6.07) is 7.90. The van der Waals surface area contributed by atoms with Crippen LogP contribution in [0.2, 0.25) is 19.1 Å². The Labute approximate surface area is 121 Å². The lowest BCUT2D eigenvalue weighted by atomic mass is 10.2. The van der Waals surface area contributed by atoms with Crippen LogP contribution < -0.4 is 0 Å².